The Morgan fingerprint density at radius 2 is 2.30 bits per heavy atom. The molecule has 1 atom stereocenters. The van der Waals surface area contributed by atoms with Gasteiger partial charge in [-0.2, -0.15) is 0 Å². The van der Waals surface area contributed by atoms with Crippen LogP contribution in [0.4, 0.5) is 10.1 Å². The Bertz CT molecular complexity index is 504. The minimum absolute atomic E-state index is 0.0331. The molecule has 4 nitrogen and oxygen atoms in total. The average molecular weight is 278 g/mol. The van der Waals surface area contributed by atoms with Gasteiger partial charge in [0.25, 0.3) is 0 Å². The maximum absolute atomic E-state index is 13.0. The normalized spacial score (nSPS) is 19.9. The van der Waals surface area contributed by atoms with Crippen molar-refractivity contribution in [2.24, 2.45) is 5.92 Å². The molecule has 1 heterocycles. The van der Waals surface area contributed by atoms with E-state index in [2.05, 4.69) is 5.32 Å². The number of hydrogen-bond donors (Lipinski definition) is 1. The second-order valence-corrected chi connectivity index (χ2v) is 5.12. The Kier molecular flexibility index (Phi) is 4.84. The summed E-state index contributed by atoms with van der Waals surface area (Å²) < 4.78 is 13.0. The molecule has 0 saturated carbocycles. The Balaban J connectivity index is 1.87. The molecule has 1 amide bonds. The van der Waals surface area contributed by atoms with Crippen molar-refractivity contribution in [1.82, 2.24) is 4.90 Å². The van der Waals surface area contributed by atoms with E-state index in [1.807, 2.05) is 11.8 Å². The summed E-state index contributed by atoms with van der Waals surface area (Å²) in [6.07, 6.45) is 1.31. The van der Waals surface area contributed by atoms with Crippen molar-refractivity contribution in [3.05, 3.63) is 30.1 Å². The van der Waals surface area contributed by atoms with Crippen LogP contribution in [0.25, 0.3) is 0 Å². The van der Waals surface area contributed by atoms with E-state index in [1.54, 1.807) is 12.1 Å². The molecule has 108 valence electrons. The second kappa shape index (κ2) is 6.61. The molecule has 1 fully saturated rings. The molecule has 1 N–H and O–H groups in total. The highest BCUT2D eigenvalue weighted by Crippen LogP contribution is 2.16. The first kappa shape index (κ1) is 14.7. The molecule has 0 radical (unpaired) electrons. The number of benzene rings is 1. The Labute approximate surface area is 118 Å². The van der Waals surface area contributed by atoms with Gasteiger partial charge < -0.3 is 5.32 Å². The Morgan fingerprint density at radius 1 is 1.50 bits per heavy atom. The third-order valence-corrected chi connectivity index (χ3v) is 3.58. The number of carbonyl (C=O) groups is 2. The van der Waals surface area contributed by atoms with Crippen molar-refractivity contribution >= 4 is 17.4 Å². The molecule has 1 aliphatic rings. The zero-order chi connectivity index (χ0) is 14.5. The van der Waals surface area contributed by atoms with Gasteiger partial charge in [-0.3, -0.25) is 14.5 Å². The third kappa shape index (κ3) is 3.87. The van der Waals surface area contributed by atoms with Crippen LogP contribution in [-0.4, -0.2) is 36.2 Å². The van der Waals surface area contributed by atoms with Crippen molar-refractivity contribution in [3.8, 4) is 0 Å². The van der Waals surface area contributed by atoms with E-state index in [0.29, 0.717) is 25.2 Å². The van der Waals surface area contributed by atoms with Crippen LogP contribution in [-0.2, 0) is 9.59 Å². The van der Waals surface area contributed by atoms with E-state index >= 15 is 0 Å². The van der Waals surface area contributed by atoms with E-state index in [9.17, 15) is 14.0 Å². The van der Waals surface area contributed by atoms with Gasteiger partial charge in [0.1, 0.15) is 11.6 Å². The maximum atomic E-state index is 13.0. The van der Waals surface area contributed by atoms with Crippen LogP contribution in [0.15, 0.2) is 24.3 Å². The summed E-state index contributed by atoms with van der Waals surface area (Å²) in [5.41, 5.74) is 0.454. The lowest BCUT2D eigenvalue weighted by Gasteiger charge is -2.30. The smallest absolute Gasteiger partial charge is 0.238 e. The first-order chi connectivity index (χ1) is 9.58. The lowest BCUT2D eigenvalue weighted by atomic mass is 9.94. The SMILES string of the molecule is CCC1CN(CC(=O)Nc2cccc(F)c2)CCC1=O. The highest BCUT2D eigenvalue weighted by atomic mass is 19.1. The molecule has 1 aromatic rings. The predicted octanol–water partition coefficient (Wildman–Crippen LogP) is 2.07. The minimum atomic E-state index is -0.377. The first-order valence-electron chi connectivity index (χ1n) is 6.89. The summed E-state index contributed by atoms with van der Waals surface area (Å²) in [5.74, 6) is -0.239. The molecule has 0 spiro atoms. The fourth-order valence-corrected chi connectivity index (χ4v) is 2.45. The standard InChI is InChI=1S/C15H19FN2O2/c1-2-11-9-18(7-6-14(11)19)10-15(20)17-13-5-3-4-12(16)8-13/h3-5,8,11H,2,6-7,9-10H2,1H3,(H,17,20). The number of anilines is 1. The molecular formula is C15H19FN2O2. The molecule has 5 heteroatoms. The number of hydrogen-bond acceptors (Lipinski definition) is 3. The van der Waals surface area contributed by atoms with Gasteiger partial charge in [0.05, 0.1) is 6.54 Å². The number of nitrogens with zero attached hydrogens (tertiary/aromatic N) is 1. The lowest BCUT2D eigenvalue weighted by molar-refractivity contribution is -0.128. The summed E-state index contributed by atoms with van der Waals surface area (Å²) in [7, 11) is 0. The molecule has 20 heavy (non-hydrogen) atoms. The molecule has 0 aliphatic carbocycles. The van der Waals surface area contributed by atoms with Crippen molar-refractivity contribution in [3.63, 3.8) is 0 Å². The molecule has 2 rings (SSSR count). The quantitative estimate of drug-likeness (QED) is 0.917. The summed E-state index contributed by atoms with van der Waals surface area (Å²) in [6, 6.07) is 5.82. The number of nitrogens with one attached hydrogen (secondary N) is 1. The second-order valence-electron chi connectivity index (χ2n) is 5.12. The van der Waals surface area contributed by atoms with Gasteiger partial charge in [-0.15, -0.1) is 0 Å². The van der Waals surface area contributed by atoms with Gasteiger partial charge in [-0.05, 0) is 24.6 Å². The van der Waals surface area contributed by atoms with Crippen molar-refractivity contribution < 1.29 is 14.0 Å². The average Bonchev–Trinajstić information content (AvgIpc) is 2.41. The number of likely N-dealkylation sites (tertiary alicyclic amines) is 1. The molecule has 1 aromatic carbocycles. The van der Waals surface area contributed by atoms with Crippen LogP contribution >= 0.6 is 0 Å². The number of rotatable bonds is 4. The van der Waals surface area contributed by atoms with Crippen molar-refractivity contribution in [2.45, 2.75) is 19.8 Å². The van der Waals surface area contributed by atoms with Gasteiger partial charge in [-0.1, -0.05) is 13.0 Å². The Morgan fingerprint density at radius 3 is 3.00 bits per heavy atom. The number of piperidine rings is 1. The zero-order valence-corrected chi connectivity index (χ0v) is 11.6. The molecular weight excluding hydrogens is 259 g/mol. The van der Waals surface area contributed by atoms with Crippen LogP contribution in [0.1, 0.15) is 19.8 Å². The topological polar surface area (TPSA) is 49.4 Å². The lowest BCUT2D eigenvalue weighted by Crippen LogP contribution is -2.44. The summed E-state index contributed by atoms with van der Waals surface area (Å²) in [6.45, 7) is 3.47. The molecule has 1 saturated heterocycles. The molecule has 1 aliphatic heterocycles. The number of ketones is 1. The number of Topliss-reactive ketones (excluding diaryl/α,β-unsaturated/α-hetero) is 1. The minimum Gasteiger partial charge on any atom is -0.325 e. The summed E-state index contributed by atoms with van der Waals surface area (Å²) in [4.78, 5) is 25.5. The highest BCUT2D eigenvalue weighted by Gasteiger charge is 2.26. The van der Waals surface area contributed by atoms with Crippen LogP contribution < -0.4 is 5.32 Å². The van der Waals surface area contributed by atoms with Crippen LogP contribution in [0.3, 0.4) is 0 Å². The summed E-state index contributed by atoms with van der Waals surface area (Å²) in [5, 5.41) is 2.67. The van der Waals surface area contributed by atoms with Crippen LogP contribution in [0.2, 0.25) is 0 Å². The van der Waals surface area contributed by atoms with E-state index in [1.165, 1.54) is 12.1 Å². The first-order valence-corrected chi connectivity index (χ1v) is 6.89. The van der Waals surface area contributed by atoms with E-state index in [-0.39, 0.29) is 30.0 Å². The van der Waals surface area contributed by atoms with E-state index < -0.39 is 0 Å². The van der Waals surface area contributed by atoms with E-state index in [0.717, 1.165) is 6.42 Å². The molecule has 0 aromatic heterocycles. The van der Waals surface area contributed by atoms with Crippen LogP contribution in [0, 0.1) is 11.7 Å². The Hall–Kier alpha value is -1.75. The number of halogens is 1. The van der Waals surface area contributed by atoms with E-state index in [4.69, 9.17) is 0 Å². The van der Waals surface area contributed by atoms with Gasteiger partial charge >= 0.3 is 0 Å². The maximum Gasteiger partial charge on any atom is 0.238 e. The highest BCUT2D eigenvalue weighted by molar-refractivity contribution is 5.92. The third-order valence-electron chi connectivity index (χ3n) is 3.58. The molecule has 1 unspecified atom stereocenters. The molecule has 0 bridgehead atoms. The largest absolute Gasteiger partial charge is 0.325 e. The summed E-state index contributed by atoms with van der Waals surface area (Å²) >= 11 is 0. The van der Waals surface area contributed by atoms with Crippen molar-refractivity contribution in [2.75, 3.05) is 25.0 Å². The fourth-order valence-electron chi connectivity index (χ4n) is 2.45. The fraction of sp³-hybridized carbons (Fsp3) is 0.467. The van der Waals surface area contributed by atoms with Gasteiger partial charge in [0.2, 0.25) is 5.91 Å². The predicted molar refractivity (Wildman–Crippen MR) is 74.9 cm³/mol. The monoisotopic (exact) mass is 278 g/mol. The number of amides is 1. The van der Waals surface area contributed by atoms with Crippen LogP contribution in [0.5, 0.6) is 0 Å². The number of carbonyl (C=O) groups excluding carboxylic acids is 2. The van der Waals surface area contributed by atoms with Crippen molar-refractivity contribution in [1.29, 1.82) is 0 Å². The van der Waals surface area contributed by atoms with Gasteiger partial charge in [-0.25, -0.2) is 4.39 Å². The van der Waals surface area contributed by atoms with Gasteiger partial charge in [0, 0.05) is 31.1 Å². The zero-order valence-electron chi connectivity index (χ0n) is 11.6. The van der Waals surface area contributed by atoms with Gasteiger partial charge in [0.15, 0.2) is 0 Å².